The summed E-state index contributed by atoms with van der Waals surface area (Å²) in [7, 11) is 1.62. The fourth-order valence-corrected chi connectivity index (χ4v) is 3.99. The molecule has 0 spiro atoms. The molecule has 1 unspecified atom stereocenters. The Labute approximate surface area is 190 Å². The number of aromatic nitrogens is 2. The molecule has 1 fully saturated rings. The van der Waals surface area contributed by atoms with Crippen molar-refractivity contribution in [3.8, 4) is 22.9 Å². The molecular formula is C24H24N4O5. The third kappa shape index (κ3) is 4.34. The van der Waals surface area contributed by atoms with Gasteiger partial charge in [0.2, 0.25) is 11.8 Å². The highest BCUT2D eigenvalue weighted by Crippen LogP contribution is 2.36. The minimum absolute atomic E-state index is 0.0874. The van der Waals surface area contributed by atoms with Crippen LogP contribution in [0.3, 0.4) is 0 Å². The topological polar surface area (TPSA) is 94.9 Å². The minimum Gasteiger partial charge on any atom is -0.497 e. The standard InChI is InChI=1S/C24H24N4O5/c1-31-20-5-2-18(3-6-20)28-9-8-17(26-28)14-25-24(30)16-12-23(29)27(15-16)19-4-7-21-22(13-19)33-11-10-32-21/h2-9,13,16H,10-12,14-15H2,1H3,(H,25,30). The number of methoxy groups -OCH3 is 1. The van der Waals surface area contributed by atoms with E-state index in [0.717, 1.165) is 17.1 Å². The number of fused-ring (bicyclic) bond motifs is 1. The first-order valence-electron chi connectivity index (χ1n) is 10.8. The van der Waals surface area contributed by atoms with Gasteiger partial charge in [-0.25, -0.2) is 4.68 Å². The zero-order valence-corrected chi connectivity index (χ0v) is 18.2. The Hall–Kier alpha value is -4.01. The van der Waals surface area contributed by atoms with E-state index in [0.29, 0.717) is 36.9 Å². The SMILES string of the molecule is COc1ccc(-n2ccc(CNC(=O)C3CC(=O)N(c4ccc5c(c4)OCCO5)C3)n2)cc1. The molecule has 3 aromatic rings. The first-order chi connectivity index (χ1) is 16.1. The predicted octanol–water partition coefficient (Wildman–Crippen LogP) is 2.32. The maximum absolute atomic E-state index is 12.7. The van der Waals surface area contributed by atoms with Crippen LogP contribution in [0, 0.1) is 5.92 Å². The van der Waals surface area contributed by atoms with Gasteiger partial charge in [-0.15, -0.1) is 0 Å². The number of rotatable bonds is 6. The first-order valence-corrected chi connectivity index (χ1v) is 10.8. The summed E-state index contributed by atoms with van der Waals surface area (Å²) in [6.07, 6.45) is 2.01. The van der Waals surface area contributed by atoms with E-state index in [1.165, 1.54) is 0 Å². The summed E-state index contributed by atoms with van der Waals surface area (Å²) in [6.45, 7) is 1.60. The van der Waals surface area contributed by atoms with Gasteiger partial charge < -0.3 is 24.4 Å². The van der Waals surface area contributed by atoms with Crippen molar-refractivity contribution in [2.24, 2.45) is 5.92 Å². The largest absolute Gasteiger partial charge is 0.497 e. The van der Waals surface area contributed by atoms with Crippen LogP contribution in [0.5, 0.6) is 17.2 Å². The van der Waals surface area contributed by atoms with Gasteiger partial charge in [0, 0.05) is 30.9 Å². The third-order valence-corrected chi connectivity index (χ3v) is 5.76. The summed E-state index contributed by atoms with van der Waals surface area (Å²) in [5, 5.41) is 7.42. The number of hydrogen-bond acceptors (Lipinski definition) is 6. The lowest BCUT2D eigenvalue weighted by atomic mass is 10.1. The number of amides is 2. The van der Waals surface area contributed by atoms with Crippen LogP contribution in [0.15, 0.2) is 54.7 Å². The number of hydrogen-bond donors (Lipinski definition) is 1. The Morgan fingerprint density at radius 3 is 2.64 bits per heavy atom. The lowest BCUT2D eigenvalue weighted by Gasteiger charge is -2.22. The maximum atomic E-state index is 12.7. The molecule has 9 heteroatoms. The van der Waals surface area contributed by atoms with Crippen LogP contribution in [0.1, 0.15) is 12.1 Å². The average molecular weight is 448 g/mol. The summed E-state index contributed by atoms with van der Waals surface area (Å²) in [5.74, 6) is 1.38. The minimum atomic E-state index is -0.422. The number of nitrogens with zero attached hydrogens (tertiary/aromatic N) is 3. The Morgan fingerprint density at radius 1 is 1.09 bits per heavy atom. The van der Waals surface area contributed by atoms with Crippen molar-refractivity contribution in [3.05, 3.63) is 60.4 Å². The summed E-state index contributed by atoms with van der Waals surface area (Å²) >= 11 is 0. The Bertz CT molecular complexity index is 1170. The molecule has 5 rings (SSSR count). The molecular weight excluding hydrogens is 424 g/mol. The lowest BCUT2D eigenvalue weighted by Crippen LogP contribution is -2.32. The van der Waals surface area contributed by atoms with E-state index in [-0.39, 0.29) is 24.8 Å². The Morgan fingerprint density at radius 2 is 1.85 bits per heavy atom. The number of benzene rings is 2. The molecule has 2 amide bonds. The molecule has 0 aliphatic carbocycles. The van der Waals surface area contributed by atoms with E-state index in [1.54, 1.807) is 28.8 Å². The molecule has 3 heterocycles. The summed E-state index contributed by atoms with van der Waals surface area (Å²) in [6, 6.07) is 14.8. The van der Waals surface area contributed by atoms with Crippen molar-refractivity contribution in [2.75, 3.05) is 31.8 Å². The van der Waals surface area contributed by atoms with Crippen molar-refractivity contribution in [3.63, 3.8) is 0 Å². The van der Waals surface area contributed by atoms with E-state index in [9.17, 15) is 9.59 Å². The van der Waals surface area contributed by atoms with Gasteiger partial charge in [0.25, 0.3) is 0 Å². The quantitative estimate of drug-likeness (QED) is 0.622. The summed E-state index contributed by atoms with van der Waals surface area (Å²) in [4.78, 5) is 27.0. The third-order valence-electron chi connectivity index (χ3n) is 5.76. The molecule has 1 aromatic heterocycles. The highest BCUT2D eigenvalue weighted by Gasteiger charge is 2.35. The van der Waals surface area contributed by atoms with Gasteiger partial charge in [0.05, 0.1) is 31.0 Å². The molecule has 33 heavy (non-hydrogen) atoms. The monoisotopic (exact) mass is 448 g/mol. The van der Waals surface area contributed by atoms with Crippen LogP contribution in [-0.4, -0.2) is 48.5 Å². The van der Waals surface area contributed by atoms with Crippen molar-refractivity contribution in [1.29, 1.82) is 0 Å². The molecule has 170 valence electrons. The number of carbonyl (C=O) groups is 2. The van der Waals surface area contributed by atoms with Crippen molar-refractivity contribution in [2.45, 2.75) is 13.0 Å². The van der Waals surface area contributed by atoms with E-state index >= 15 is 0 Å². The molecule has 2 aliphatic heterocycles. The fourth-order valence-electron chi connectivity index (χ4n) is 3.99. The molecule has 0 bridgehead atoms. The average Bonchev–Trinajstić information content (AvgIpc) is 3.49. The number of carbonyl (C=O) groups excluding carboxylic acids is 2. The Balaban J connectivity index is 1.19. The molecule has 2 aliphatic rings. The van der Waals surface area contributed by atoms with E-state index in [4.69, 9.17) is 14.2 Å². The lowest BCUT2D eigenvalue weighted by molar-refractivity contribution is -0.126. The van der Waals surface area contributed by atoms with E-state index in [2.05, 4.69) is 10.4 Å². The number of anilines is 1. The molecule has 9 nitrogen and oxygen atoms in total. The van der Waals surface area contributed by atoms with Crippen molar-refractivity contribution >= 4 is 17.5 Å². The second-order valence-electron chi connectivity index (χ2n) is 7.90. The van der Waals surface area contributed by atoms with Gasteiger partial charge >= 0.3 is 0 Å². The zero-order chi connectivity index (χ0) is 22.8. The predicted molar refractivity (Wildman–Crippen MR) is 120 cm³/mol. The smallest absolute Gasteiger partial charge is 0.227 e. The molecule has 0 saturated carbocycles. The van der Waals surface area contributed by atoms with Crippen LogP contribution in [-0.2, 0) is 16.1 Å². The summed E-state index contributed by atoms with van der Waals surface area (Å²) in [5.41, 5.74) is 2.33. The normalized spacial score (nSPS) is 17.2. The second-order valence-corrected chi connectivity index (χ2v) is 7.90. The van der Waals surface area contributed by atoms with E-state index < -0.39 is 5.92 Å². The van der Waals surface area contributed by atoms with Crippen LogP contribution in [0.4, 0.5) is 5.69 Å². The highest BCUT2D eigenvalue weighted by atomic mass is 16.6. The van der Waals surface area contributed by atoms with Gasteiger partial charge in [-0.1, -0.05) is 0 Å². The van der Waals surface area contributed by atoms with Gasteiger partial charge in [0.15, 0.2) is 11.5 Å². The highest BCUT2D eigenvalue weighted by molar-refractivity contribution is 6.00. The van der Waals surface area contributed by atoms with Crippen molar-refractivity contribution in [1.82, 2.24) is 15.1 Å². The van der Waals surface area contributed by atoms with Crippen LogP contribution in [0.2, 0.25) is 0 Å². The molecule has 1 atom stereocenters. The van der Waals surface area contributed by atoms with Gasteiger partial charge in [0.1, 0.15) is 19.0 Å². The first kappa shape index (κ1) is 20.9. The maximum Gasteiger partial charge on any atom is 0.227 e. The van der Waals surface area contributed by atoms with Gasteiger partial charge in [-0.2, -0.15) is 5.10 Å². The number of ether oxygens (including phenoxy) is 3. The molecule has 2 aromatic carbocycles. The van der Waals surface area contributed by atoms with Crippen LogP contribution in [0.25, 0.3) is 5.69 Å². The molecule has 1 saturated heterocycles. The number of nitrogens with one attached hydrogen (secondary N) is 1. The fraction of sp³-hybridized carbons (Fsp3) is 0.292. The second kappa shape index (κ2) is 8.85. The Kier molecular flexibility index (Phi) is 5.60. The molecule has 0 radical (unpaired) electrons. The van der Waals surface area contributed by atoms with Crippen LogP contribution >= 0.6 is 0 Å². The molecule has 1 N–H and O–H groups in total. The van der Waals surface area contributed by atoms with E-state index in [1.807, 2.05) is 42.6 Å². The summed E-state index contributed by atoms with van der Waals surface area (Å²) < 4.78 is 18.1. The van der Waals surface area contributed by atoms with Crippen molar-refractivity contribution < 1.29 is 23.8 Å². The van der Waals surface area contributed by atoms with Gasteiger partial charge in [-0.3, -0.25) is 9.59 Å². The van der Waals surface area contributed by atoms with Gasteiger partial charge in [-0.05, 0) is 42.5 Å². The zero-order valence-electron chi connectivity index (χ0n) is 18.2. The van der Waals surface area contributed by atoms with Crippen LogP contribution < -0.4 is 24.4 Å².